The summed E-state index contributed by atoms with van der Waals surface area (Å²) in [5.41, 5.74) is 0.210. The van der Waals surface area contributed by atoms with Gasteiger partial charge in [0.25, 0.3) is 0 Å². The van der Waals surface area contributed by atoms with Crippen molar-refractivity contribution < 1.29 is 23.5 Å². The zero-order valence-electron chi connectivity index (χ0n) is 17.3. The van der Waals surface area contributed by atoms with E-state index in [4.69, 9.17) is 13.9 Å². The van der Waals surface area contributed by atoms with Crippen molar-refractivity contribution in [2.24, 2.45) is 0 Å². The van der Waals surface area contributed by atoms with Gasteiger partial charge in [-0.05, 0) is 57.7 Å². The summed E-state index contributed by atoms with van der Waals surface area (Å²) in [6.07, 6.45) is 2.35. The molecule has 7 heteroatoms. The van der Waals surface area contributed by atoms with Gasteiger partial charge in [-0.15, -0.1) is 0 Å². The SMILES string of the molecule is CCCc1cc(=O)oc2cc(OC(=O)C3CCCN3C(=O)OC(C)(C)C)ccc12. The second-order valence-corrected chi connectivity index (χ2v) is 8.25. The molecule has 1 aromatic heterocycles. The van der Waals surface area contributed by atoms with Gasteiger partial charge >= 0.3 is 17.7 Å². The third kappa shape index (κ3) is 4.96. The molecule has 0 saturated carbocycles. The number of esters is 1. The molecule has 0 bridgehead atoms. The smallest absolute Gasteiger partial charge is 0.411 e. The topological polar surface area (TPSA) is 86.0 Å². The molecule has 1 atom stereocenters. The summed E-state index contributed by atoms with van der Waals surface area (Å²) in [6.45, 7) is 7.83. The summed E-state index contributed by atoms with van der Waals surface area (Å²) in [4.78, 5) is 38.3. The summed E-state index contributed by atoms with van der Waals surface area (Å²) in [5, 5.41) is 0.822. The van der Waals surface area contributed by atoms with Crippen LogP contribution < -0.4 is 10.4 Å². The Kier molecular flexibility index (Phi) is 5.96. The van der Waals surface area contributed by atoms with E-state index in [2.05, 4.69) is 0 Å². The Morgan fingerprint density at radius 2 is 2.00 bits per heavy atom. The summed E-state index contributed by atoms with van der Waals surface area (Å²) in [6, 6.07) is 5.80. The van der Waals surface area contributed by atoms with Crippen LogP contribution in [-0.2, 0) is 16.0 Å². The van der Waals surface area contributed by atoms with Gasteiger partial charge in [0.15, 0.2) is 0 Å². The largest absolute Gasteiger partial charge is 0.444 e. The maximum absolute atomic E-state index is 12.7. The number of rotatable bonds is 4. The van der Waals surface area contributed by atoms with E-state index < -0.39 is 29.3 Å². The van der Waals surface area contributed by atoms with Crippen molar-refractivity contribution >= 4 is 23.0 Å². The Bertz CT molecular complexity index is 971. The van der Waals surface area contributed by atoms with E-state index in [0.717, 1.165) is 23.8 Å². The number of amides is 1. The number of ether oxygens (including phenoxy) is 2. The molecule has 1 aliphatic heterocycles. The molecule has 1 aliphatic rings. The summed E-state index contributed by atoms with van der Waals surface area (Å²) in [7, 11) is 0. The molecule has 0 N–H and O–H groups in total. The first-order valence-electron chi connectivity index (χ1n) is 9.96. The van der Waals surface area contributed by atoms with Gasteiger partial charge in [-0.2, -0.15) is 0 Å². The lowest BCUT2D eigenvalue weighted by Gasteiger charge is -2.27. The number of nitrogens with zero attached hydrogens (tertiary/aromatic N) is 1. The van der Waals surface area contributed by atoms with Crippen LogP contribution >= 0.6 is 0 Å². The highest BCUT2D eigenvalue weighted by Gasteiger charge is 2.37. The van der Waals surface area contributed by atoms with Gasteiger partial charge in [-0.25, -0.2) is 14.4 Å². The first kappa shape index (κ1) is 20.9. The lowest BCUT2D eigenvalue weighted by molar-refractivity contribution is -0.139. The Labute approximate surface area is 169 Å². The maximum atomic E-state index is 12.7. The number of carbonyl (C=O) groups excluding carboxylic acids is 2. The fourth-order valence-corrected chi connectivity index (χ4v) is 3.48. The molecule has 2 aromatic rings. The molecule has 1 amide bonds. The quantitative estimate of drug-likeness (QED) is 0.436. The van der Waals surface area contributed by atoms with E-state index in [9.17, 15) is 14.4 Å². The number of benzene rings is 1. The number of hydrogen-bond donors (Lipinski definition) is 0. The second kappa shape index (κ2) is 8.27. The summed E-state index contributed by atoms with van der Waals surface area (Å²) >= 11 is 0. The Hall–Kier alpha value is -2.83. The van der Waals surface area contributed by atoms with Gasteiger partial charge in [-0.3, -0.25) is 4.90 Å². The highest BCUT2D eigenvalue weighted by molar-refractivity contribution is 5.86. The zero-order chi connectivity index (χ0) is 21.2. The van der Waals surface area contributed by atoms with Crippen molar-refractivity contribution in [1.29, 1.82) is 0 Å². The summed E-state index contributed by atoms with van der Waals surface area (Å²) < 4.78 is 16.2. The molecule has 1 saturated heterocycles. The van der Waals surface area contributed by atoms with Crippen LogP contribution in [-0.4, -0.2) is 35.2 Å². The Morgan fingerprint density at radius 1 is 1.24 bits per heavy atom. The van der Waals surface area contributed by atoms with Crippen LogP contribution in [0.15, 0.2) is 33.5 Å². The highest BCUT2D eigenvalue weighted by atomic mass is 16.6. The minimum absolute atomic E-state index is 0.273. The van der Waals surface area contributed by atoms with E-state index in [-0.39, 0.29) is 5.75 Å². The van der Waals surface area contributed by atoms with Crippen LogP contribution in [0.5, 0.6) is 5.75 Å². The average Bonchev–Trinajstić information content (AvgIpc) is 3.10. The normalized spacial score (nSPS) is 16.8. The van der Waals surface area contributed by atoms with E-state index in [0.29, 0.717) is 25.0 Å². The maximum Gasteiger partial charge on any atom is 0.411 e. The van der Waals surface area contributed by atoms with Gasteiger partial charge in [0.1, 0.15) is 23.0 Å². The third-order valence-electron chi connectivity index (χ3n) is 4.69. The summed E-state index contributed by atoms with van der Waals surface area (Å²) in [5.74, 6) is -0.255. The lowest BCUT2D eigenvalue weighted by Crippen LogP contribution is -2.44. The van der Waals surface area contributed by atoms with Gasteiger partial charge in [0.05, 0.1) is 0 Å². The fourth-order valence-electron chi connectivity index (χ4n) is 3.48. The predicted octanol–water partition coefficient (Wildman–Crippen LogP) is 4.05. The van der Waals surface area contributed by atoms with Crippen molar-refractivity contribution in [3.8, 4) is 5.75 Å². The van der Waals surface area contributed by atoms with Crippen molar-refractivity contribution in [3.63, 3.8) is 0 Å². The molecule has 7 nitrogen and oxygen atoms in total. The van der Waals surface area contributed by atoms with Gasteiger partial charge in [0, 0.05) is 24.1 Å². The van der Waals surface area contributed by atoms with E-state index in [1.54, 1.807) is 39.0 Å². The third-order valence-corrected chi connectivity index (χ3v) is 4.69. The lowest BCUT2D eigenvalue weighted by atomic mass is 10.1. The molecule has 29 heavy (non-hydrogen) atoms. The van der Waals surface area contributed by atoms with Crippen molar-refractivity contribution in [2.75, 3.05) is 6.54 Å². The average molecular weight is 401 g/mol. The van der Waals surface area contributed by atoms with Crippen molar-refractivity contribution in [3.05, 3.63) is 40.2 Å². The molecule has 0 spiro atoms. The number of aryl methyl sites for hydroxylation is 1. The van der Waals surface area contributed by atoms with Crippen LogP contribution in [0, 0.1) is 0 Å². The van der Waals surface area contributed by atoms with Crippen LogP contribution in [0.4, 0.5) is 4.79 Å². The monoisotopic (exact) mass is 401 g/mol. The van der Waals surface area contributed by atoms with Crippen LogP contribution in [0.2, 0.25) is 0 Å². The minimum atomic E-state index is -0.695. The zero-order valence-corrected chi connectivity index (χ0v) is 17.3. The minimum Gasteiger partial charge on any atom is -0.444 e. The molecule has 1 fully saturated rings. The molecule has 1 unspecified atom stereocenters. The molecule has 0 aliphatic carbocycles. The molecule has 3 rings (SSSR count). The van der Waals surface area contributed by atoms with Crippen molar-refractivity contribution in [1.82, 2.24) is 4.90 Å². The number of fused-ring (bicyclic) bond motifs is 1. The molecule has 156 valence electrons. The number of hydrogen-bond acceptors (Lipinski definition) is 6. The molecular weight excluding hydrogens is 374 g/mol. The molecule has 0 radical (unpaired) electrons. The number of likely N-dealkylation sites (tertiary alicyclic amines) is 1. The van der Waals surface area contributed by atoms with E-state index in [1.165, 1.54) is 11.0 Å². The van der Waals surface area contributed by atoms with E-state index >= 15 is 0 Å². The highest BCUT2D eigenvalue weighted by Crippen LogP contribution is 2.26. The number of carbonyl (C=O) groups is 2. The van der Waals surface area contributed by atoms with Crippen LogP contribution in [0.3, 0.4) is 0 Å². The van der Waals surface area contributed by atoms with Crippen LogP contribution in [0.1, 0.15) is 52.5 Å². The first-order chi connectivity index (χ1) is 13.7. The fraction of sp³-hybridized carbons (Fsp3) is 0.500. The predicted molar refractivity (Wildman–Crippen MR) is 108 cm³/mol. The standard InChI is InChI=1S/C22H27NO6/c1-5-7-14-12-19(24)28-18-13-15(9-10-16(14)18)27-20(25)17-8-6-11-23(17)21(26)29-22(2,3)4/h9-10,12-13,17H,5-8,11H2,1-4H3. The first-order valence-corrected chi connectivity index (χ1v) is 9.96. The van der Waals surface area contributed by atoms with Gasteiger partial charge < -0.3 is 13.9 Å². The van der Waals surface area contributed by atoms with Gasteiger partial charge in [-0.1, -0.05) is 13.3 Å². The van der Waals surface area contributed by atoms with Crippen molar-refractivity contribution in [2.45, 2.75) is 65.0 Å². The molecule has 1 aromatic carbocycles. The van der Waals surface area contributed by atoms with Crippen LogP contribution in [0.25, 0.3) is 11.0 Å². The molecule has 2 heterocycles. The second-order valence-electron chi connectivity index (χ2n) is 8.25. The van der Waals surface area contributed by atoms with Gasteiger partial charge in [0.2, 0.25) is 0 Å². The Morgan fingerprint density at radius 3 is 2.69 bits per heavy atom. The Balaban J connectivity index is 1.78. The molecular formula is C22H27NO6. The van der Waals surface area contributed by atoms with E-state index in [1.807, 2.05) is 6.92 Å².